The summed E-state index contributed by atoms with van der Waals surface area (Å²) in [6.07, 6.45) is 2.30. The average molecular weight is 503 g/mol. The molecule has 3 heterocycles. The third-order valence-corrected chi connectivity index (χ3v) is 5.95. The zero-order valence-electron chi connectivity index (χ0n) is 20.0. The molecule has 0 spiro atoms. The fraction of sp³-hybridized carbons (Fsp3) is 0.360. The molecule has 0 fully saturated rings. The minimum atomic E-state index is -1.58. The number of carbonyl (C=O) groups is 1. The molecule has 1 amide bonds. The van der Waals surface area contributed by atoms with Crippen molar-refractivity contribution in [3.63, 3.8) is 0 Å². The number of amides is 1. The van der Waals surface area contributed by atoms with Gasteiger partial charge < -0.3 is 29.8 Å². The number of nitrogens with zero attached hydrogens (tertiary/aromatic N) is 1. The van der Waals surface area contributed by atoms with Gasteiger partial charge in [-0.15, -0.1) is 0 Å². The molecule has 8 nitrogen and oxygen atoms in total. The Morgan fingerprint density at radius 2 is 2.11 bits per heavy atom. The molecule has 2 aromatic heterocycles. The molecular formula is C25H28ClFN4O4. The number of methoxy groups -OCH3 is 1. The van der Waals surface area contributed by atoms with Crippen LogP contribution in [0, 0.1) is 0 Å². The summed E-state index contributed by atoms with van der Waals surface area (Å²) in [7, 11) is 1.62. The van der Waals surface area contributed by atoms with Crippen LogP contribution in [0.2, 0.25) is 5.02 Å². The molecule has 0 saturated carbocycles. The molecule has 35 heavy (non-hydrogen) atoms. The van der Waals surface area contributed by atoms with Crippen molar-refractivity contribution in [3.8, 4) is 22.8 Å². The highest BCUT2D eigenvalue weighted by atomic mass is 35.5. The summed E-state index contributed by atoms with van der Waals surface area (Å²) in [6, 6.07) is 6.83. The van der Waals surface area contributed by atoms with Gasteiger partial charge in [0.15, 0.2) is 5.75 Å². The second kappa shape index (κ2) is 10.1. The van der Waals surface area contributed by atoms with Gasteiger partial charge in [0.25, 0.3) is 5.91 Å². The standard InChI is InChI=1S/C25H28ClFN4O4/c1-14(27)35-23-16(26)6-5-7-18(23)31-22-20-17(9-11-29-24(20)32)30-21(22)15-8-10-28-12-19(15)34-13-25(2,3)33-4/h5-8,10,12,14,30-31H,9,11,13H2,1-4H3,(H,29,32). The van der Waals surface area contributed by atoms with Crippen molar-refractivity contribution in [2.24, 2.45) is 0 Å². The first kappa shape index (κ1) is 24.8. The van der Waals surface area contributed by atoms with E-state index in [-0.39, 0.29) is 23.3 Å². The molecular weight excluding hydrogens is 475 g/mol. The number of aromatic amines is 1. The molecule has 0 bridgehead atoms. The van der Waals surface area contributed by atoms with E-state index in [0.29, 0.717) is 46.9 Å². The molecule has 3 N–H and O–H groups in total. The number of anilines is 2. The number of hydrogen-bond acceptors (Lipinski definition) is 6. The van der Waals surface area contributed by atoms with Gasteiger partial charge in [0.1, 0.15) is 12.4 Å². The van der Waals surface area contributed by atoms with Crippen molar-refractivity contribution in [1.82, 2.24) is 15.3 Å². The number of ether oxygens (including phenoxy) is 3. The molecule has 0 saturated heterocycles. The summed E-state index contributed by atoms with van der Waals surface area (Å²) in [5.74, 6) is 0.436. The largest absolute Gasteiger partial charge is 0.488 e. The van der Waals surface area contributed by atoms with E-state index in [1.165, 1.54) is 6.92 Å². The van der Waals surface area contributed by atoms with E-state index in [1.54, 1.807) is 43.8 Å². The van der Waals surface area contributed by atoms with Crippen LogP contribution in [0.15, 0.2) is 36.7 Å². The predicted molar refractivity (Wildman–Crippen MR) is 133 cm³/mol. The molecule has 4 rings (SSSR count). The maximum Gasteiger partial charge on any atom is 0.255 e. The van der Waals surface area contributed by atoms with E-state index < -0.39 is 12.0 Å². The van der Waals surface area contributed by atoms with Crippen LogP contribution in [-0.2, 0) is 11.2 Å². The first-order chi connectivity index (χ1) is 16.7. The van der Waals surface area contributed by atoms with Gasteiger partial charge in [-0.25, -0.2) is 4.39 Å². The van der Waals surface area contributed by atoms with Gasteiger partial charge in [-0.1, -0.05) is 17.7 Å². The highest BCUT2D eigenvalue weighted by Crippen LogP contribution is 2.43. The van der Waals surface area contributed by atoms with Crippen LogP contribution in [0.25, 0.3) is 11.3 Å². The maximum absolute atomic E-state index is 13.8. The predicted octanol–water partition coefficient (Wildman–Crippen LogP) is 5.26. The van der Waals surface area contributed by atoms with E-state index in [1.807, 2.05) is 13.8 Å². The van der Waals surface area contributed by atoms with Crippen molar-refractivity contribution in [2.75, 3.05) is 25.6 Å². The number of carbonyl (C=O) groups excluding carboxylic acids is 1. The number of fused-ring (bicyclic) bond motifs is 1. The molecule has 1 aliphatic heterocycles. The minimum absolute atomic E-state index is 0.148. The second-order valence-corrected chi connectivity index (χ2v) is 9.17. The second-order valence-electron chi connectivity index (χ2n) is 8.76. The quantitative estimate of drug-likeness (QED) is 0.369. The lowest BCUT2D eigenvalue weighted by Gasteiger charge is -2.23. The van der Waals surface area contributed by atoms with Gasteiger partial charge in [-0.2, -0.15) is 0 Å². The SMILES string of the molecule is COC(C)(C)COc1cnccc1-c1[nH]c2c(c1Nc1cccc(Cl)c1OC(C)F)C(=O)NCC2. The summed E-state index contributed by atoms with van der Waals surface area (Å²) in [5, 5.41) is 6.38. The number of H-pyrrole nitrogens is 1. The lowest BCUT2D eigenvalue weighted by atomic mass is 10.0. The number of para-hydroxylation sites is 1. The topological polar surface area (TPSA) is 97.5 Å². The number of benzene rings is 1. The third kappa shape index (κ3) is 5.36. The number of nitrogens with one attached hydrogen (secondary N) is 3. The number of halogens is 2. The molecule has 1 aliphatic rings. The van der Waals surface area contributed by atoms with Crippen molar-refractivity contribution in [3.05, 3.63) is 52.9 Å². The Bertz CT molecular complexity index is 1230. The lowest BCUT2D eigenvalue weighted by Crippen LogP contribution is -2.31. The first-order valence-electron chi connectivity index (χ1n) is 11.2. The smallest absolute Gasteiger partial charge is 0.255 e. The summed E-state index contributed by atoms with van der Waals surface area (Å²) >= 11 is 6.31. The number of alkyl halides is 1. The zero-order chi connectivity index (χ0) is 25.2. The zero-order valence-corrected chi connectivity index (χ0v) is 20.8. The van der Waals surface area contributed by atoms with E-state index in [0.717, 1.165) is 5.69 Å². The lowest BCUT2D eigenvalue weighted by molar-refractivity contribution is -0.0146. The molecule has 186 valence electrons. The fourth-order valence-corrected chi connectivity index (χ4v) is 3.96. The van der Waals surface area contributed by atoms with E-state index in [9.17, 15) is 9.18 Å². The molecule has 3 aromatic rings. The first-order valence-corrected chi connectivity index (χ1v) is 11.6. The van der Waals surface area contributed by atoms with Crippen molar-refractivity contribution in [2.45, 2.75) is 39.2 Å². The van der Waals surface area contributed by atoms with Gasteiger partial charge in [0, 0.05) is 44.5 Å². The van der Waals surface area contributed by atoms with Crippen LogP contribution >= 0.6 is 11.6 Å². The monoisotopic (exact) mass is 502 g/mol. The number of hydrogen-bond donors (Lipinski definition) is 3. The molecule has 1 atom stereocenters. The normalized spacial score (nSPS) is 14.2. The van der Waals surface area contributed by atoms with Crippen molar-refractivity contribution in [1.29, 1.82) is 0 Å². The highest BCUT2D eigenvalue weighted by Gasteiger charge is 2.29. The third-order valence-electron chi connectivity index (χ3n) is 5.65. The molecule has 10 heteroatoms. The maximum atomic E-state index is 13.8. The Morgan fingerprint density at radius 1 is 1.31 bits per heavy atom. The number of rotatable bonds is 9. The Balaban J connectivity index is 1.83. The fourth-order valence-electron chi connectivity index (χ4n) is 3.74. The number of pyridine rings is 1. The van der Waals surface area contributed by atoms with E-state index in [4.69, 9.17) is 25.8 Å². The van der Waals surface area contributed by atoms with Gasteiger partial charge >= 0.3 is 0 Å². The Morgan fingerprint density at radius 3 is 2.86 bits per heavy atom. The summed E-state index contributed by atoms with van der Waals surface area (Å²) in [5.41, 5.74) is 2.95. The Kier molecular flexibility index (Phi) is 7.18. The summed E-state index contributed by atoms with van der Waals surface area (Å²) in [6.45, 7) is 5.90. The highest BCUT2D eigenvalue weighted by molar-refractivity contribution is 6.32. The number of aromatic nitrogens is 2. The van der Waals surface area contributed by atoms with Crippen LogP contribution in [0.5, 0.6) is 11.5 Å². The minimum Gasteiger partial charge on any atom is -0.488 e. The van der Waals surface area contributed by atoms with Crippen LogP contribution < -0.4 is 20.1 Å². The molecule has 1 aromatic carbocycles. The molecule has 1 unspecified atom stereocenters. The molecule has 0 aliphatic carbocycles. The van der Waals surface area contributed by atoms with Gasteiger partial charge in [0.05, 0.1) is 39.5 Å². The van der Waals surface area contributed by atoms with E-state index >= 15 is 0 Å². The van der Waals surface area contributed by atoms with Crippen molar-refractivity contribution >= 4 is 28.9 Å². The summed E-state index contributed by atoms with van der Waals surface area (Å²) in [4.78, 5) is 20.5. The van der Waals surface area contributed by atoms with Crippen LogP contribution in [0.4, 0.5) is 15.8 Å². The Hall–Kier alpha value is -3.30. The van der Waals surface area contributed by atoms with Crippen LogP contribution in [0.1, 0.15) is 36.8 Å². The van der Waals surface area contributed by atoms with Gasteiger partial charge in [0.2, 0.25) is 6.36 Å². The van der Waals surface area contributed by atoms with Gasteiger partial charge in [-0.05, 0) is 32.0 Å². The van der Waals surface area contributed by atoms with Crippen molar-refractivity contribution < 1.29 is 23.4 Å². The Labute approximate surface area is 208 Å². The van der Waals surface area contributed by atoms with Crippen LogP contribution in [-0.4, -0.2) is 48.1 Å². The van der Waals surface area contributed by atoms with E-state index in [2.05, 4.69) is 20.6 Å². The van der Waals surface area contributed by atoms with Gasteiger partial charge in [-0.3, -0.25) is 9.78 Å². The summed E-state index contributed by atoms with van der Waals surface area (Å²) < 4.78 is 30.6. The average Bonchev–Trinajstić information content (AvgIpc) is 3.19. The van der Waals surface area contributed by atoms with Crippen LogP contribution in [0.3, 0.4) is 0 Å². The molecule has 0 radical (unpaired) electrons.